The van der Waals surface area contributed by atoms with E-state index in [4.69, 9.17) is 11.6 Å². The minimum atomic E-state index is -4.60. The zero-order chi connectivity index (χ0) is 25.5. The summed E-state index contributed by atoms with van der Waals surface area (Å²) in [6.45, 7) is 2.72. The first-order chi connectivity index (χ1) is 16.4. The number of carbonyl (C=O) groups is 2. The number of benzene rings is 1. The van der Waals surface area contributed by atoms with Crippen molar-refractivity contribution in [1.29, 1.82) is 0 Å². The Morgan fingerprint density at radius 3 is 2.54 bits per heavy atom. The summed E-state index contributed by atoms with van der Waals surface area (Å²) in [6.07, 6.45) is -4.52. The van der Waals surface area contributed by atoms with Crippen molar-refractivity contribution in [2.24, 2.45) is 5.92 Å². The number of nitrogens with one attached hydrogen (secondary N) is 2. The molecule has 0 bridgehead atoms. The molecule has 12 heteroatoms. The van der Waals surface area contributed by atoms with Gasteiger partial charge in [-0.1, -0.05) is 11.6 Å². The van der Waals surface area contributed by atoms with Gasteiger partial charge in [0.15, 0.2) is 0 Å². The summed E-state index contributed by atoms with van der Waals surface area (Å²) in [5.74, 6) is -2.07. The number of aryl methyl sites for hydroxylation is 1. The second kappa shape index (κ2) is 9.62. The Morgan fingerprint density at radius 1 is 1.23 bits per heavy atom. The van der Waals surface area contributed by atoms with Crippen LogP contribution in [0.3, 0.4) is 0 Å². The molecule has 2 N–H and O–H groups in total. The molecule has 7 nitrogen and oxygen atoms in total. The van der Waals surface area contributed by atoms with E-state index in [1.165, 1.54) is 35.9 Å². The Balaban J connectivity index is 1.66. The van der Waals surface area contributed by atoms with E-state index in [9.17, 15) is 27.2 Å². The van der Waals surface area contributed by atoms with E-state index in [0.717, 1.165) is 18.2 Å². The highest BCUT2D eigenvalue weighted by Gasteiger charge is 2.43. The Bertz CT molecular complexity index is 1140. The number of amides is 2. The van der Waals surface area contributed by atoms with Gasteiger partial charge in [0.1, 0.15) is 17.7 Å². The second-order valence-corrected chi connectivity index (χ2v) is 9.22. The molecular weight excluding hydrogens is 490 g/mol. The number of aromatic nitrogens is 1. The van der Waals surface area contributed by atoms with Gasteiger partial charge < -0.3 is 20.4 Å². The molecule has 2 aliphatic rings. The van der Waals surface area contributed by atoms with Gasteiger partial charge in [0.05, 0.1) is 22.5 Å². The first kappa shape index (κ1) is 25.2. The molecule has 0 aliphatic carbocycles. The van der Waals surface area contributed by atoms with Crippen molar-refractivity contribution in [3.05, 3.63) is 52.4 Å². The summed E-state index contributed by atoms with van der Waals surface area (Å²) in [7, 11) is 1.46. The van der Waals surface area contributed by atoms with Crippen molar-refractivity contribution in [1.82, 2.24) is 15.6 Å². The highest BCUT2D eigenvalue weighted by atomic mass is 35.5. The average molecular weight is 514 g/mol. The van der Waals surface area contributed by atoms with Crippen molar-refractivity contribution in [2.45, 2.75) is 31.6 Å². The standard InChI is InChI=1S/C23H24ClF4N5O2/c1-12-5-14(23(26,27)28)7-20(30-12)33-11-13(21(34)31-15-9-29-10-15)6-19(33)22(35)32(2)16-3-4-18(25)17(24)8-16/h3-5,7-8,13,15,19,29H,6,9-11H2,1-2H3,(H,31,34)/t13-,19-/m0/s1. The van der Waals surface area contributed by atoms with Gasteiger partial charge in [-0.3, -0.25) is 9.59 Å². The predicted octanol–water partition coefficient (Wildman–Crippen LogP) is 3.15. The lowest BCUT2D eigenvalue weighted by atomic mass is 10.0. The minimum absolute atomic E-state index is 0.0220. The zero-order valence-electron chi connectivity index (χ0n) is 19.0. The summed E-state index contributed by atoms with van der Waals surface area (Å²) >= 11 is 5.86. The maximum absolute atomic E-state index is 13.6. The van der Waals surface area contributed by atoms with Gasteiger partial charge in [0.25, 0.3) is 0 Å². The zero-order valence-corrected chi connectivity index (χ0v) is 19.8. The lowest BCUT2D eigenvalue weighted by Gasteiger charge is -2.29. The molecular formula is C23H24ClF4N5O2. The molecule has 0 radical (unpaired) electrons. The monoisotopic (exact) mass is 513 g/mol. The van der Waals surface area contributed by atoms with E-state index in [2.05, 4.69) is 15.6 Å². The first-order valence-corrected chi connectivity index (χ1v) is 11.4. The Labute approximate surface area is 204 Å². The number of nitrogens with zero attached hydrogens (tertiary/aromatic N) is 3. The number of rotatable bonds is 5. The maximum atomic E-state index is 13.6. The Hall–Kier alpha value is -2.92. The Morgan fingerprint density at radius 2 is 1.94 bits per heavy atom. The molecule has 188 valence electrons. The van der Waals surface area contributed by atoms with Gasteiger partial charge in [0.2, 0.25) is 11.8 Å². The van der Waals surface area contributed by atoms with Crippen LogP contribution in [0.2, 0.25) is 5.02 Å². The van der Waals surface area contributed by atoms with E-state index in [0.29, 0.717) is 18.8 Å². The van der Waals surface area contributed by atoms with E-state index in [-0.39, 0.29) is 41.4 Å². The summed E-state index contributed by atoms with van der Waals surface area (Å²) < 4.78 is 54.0. The van der Waals surface area contributed by atoms with Crippen LogP contribution in [0.1, 0.15) is 17.7 Å². The van der Waals surface area contributed by atoms with E-state index in [1.54, 1.807) is 0 Å². The van der Waals surface area contributed by atoms with Crippen LogP contribution in [0.5, 0.6) is 0 Å². The van der Waals surface area contributed by atoms with E-state index < -0.39 is 35.4 Å². The third kappa shape index (κ3) is 5.35. The van der Waals surface area contributed by atoms with Gasteiger partial charge in [0, 0.05) is 38.1 Å². The number of hydrogen-bond acceptors (Lipinski definition) is 5. The summed E-state index contributed by atoms with van der Waals surface area (Å²) in [6, 6.07) is 4.61. The van der Waals surface area contributed by atoms with Crippen molar-refractivity contribution in [3.63, 3.8) is 0 Å². The number of pyridine rings is 1. The van der Waals surface area contributed by atoms with Gasteiger partial charge >= 0.3 is 6.18 Å². The fourth-order valence-electron chi connectivity index (χ4n) is 4.23. The molecule has 1 aromatic carbocycles. The van der Waals surface area contributed by atoms with Crippen LogP contribution >= 0.6 is 11.6 Å². The molecule has 0 unspecified atom stereocenters. The first-order valence-electron chi connectivity index (χ1n) is 11.0. The fourth-order valence-corrected chi connectivity index (χ4v) is 4.40. The fraction of sp³-hybridized carbons (Fsp3) is 0.435. The highest BCUT2D eigenvalue weighted by molar-refractivity contribution is 6.31. The second-order valence-electron chi connectivity index (χ2n) is 8.81. The van der Waals surface area contributed by atoms with Gasteiger partial charge in [-0.15, -0.1) is 0 Å². The molecule has 3 heterocycles. The van der Waals surface area contributed by atoms with Crippen LogP contribution in [-0.4, -0.2) is 55.6 Å². The number of hydrogen-bond donors (Lipinski definition) is 2. The Kier molecular flexibility index (Phi) is 6.92. The number of alkyl halides is 3. The van der Waals surface area contributed by atoms with Crippen LogP contribution in [0.4, 0.5) is 29.1 Å². The summed E-state index contributed by atoms with van der Waals surface area (Å²) in [4.78, 5) is 33.3. The van der Waals surface area contributed by atoms with Gasteiger partial charge in [-0.25, -0.2) is 9.37 Å². The lowest BCUT2D eigenvalue weighted by Crippen LogP contribution is -2.58. The summed E-state index contributed by atoms with van der Waals surface area (Å²) in [5, 5.41) is 5.77. The van der Waals surface area contributed by atoms with Crippen LogP contribution < -0.4 is 20.4 Å². The predicted molar refractivity (Wildman–Crippen MR) is 123 cm³/mol. The topological polar surface area (TPSA) is 77.6 Å². The van der Waals surface area contributed by atoms with E-state index in [1.807, 2.05) is 0 Å². The minimum Gasteiger partial charge on any atom is -0.351 e. The molecule has 0 spiro atoms. The highest BCUT2D eigenvalue weighted by Crippen LogP contribution is 2.36. The summed E-state index contributed by atoms with van der Waals surface area (Å²) in [5.41, 5.74) is -0.450. The third-order valence-corrected chi connectivity index (χ3v) is 6.56. The van der Waals surface area contributed by atoms with Crippen molar-refractivity contribution < 1.29 is 27.2 Å². The molecule has 2 atom stereocenters. The number of likely N-dealkylation sites (N-methyl/N-ethyl adjacent to an activating group) is 1. The quantitative estimate of drug-likeness (QED) is 0.601. The molecule has 2 amide bonds. The third-order valence-electron chi connectivity index (χ3n) is 6.27. The molecule has 4 rings (SSSR count). The van der Waals surface area contributed by atoms with Crippen molar-refractivity contribution in [2.75, 3.05) is 36.5 Å². The molecule has 2 aliphatic heterocycles. The van der Waals surface area contributed by atoms with Gasteiger partial charge in [-0.05, 0) is 43.7 Å². The molecule has 35 heavy (non-hydrogen) atoms. The lowest BCUT2D eigenvalue weighted by molar-refractivity contribution is -0.137. The van der Waals surface area contributed by atoms with Crippen LogP contribution in [0.25, 0.3) is 0 Å². The maximum Gasteiger partial charge on any atom is 0.416 e. The molecule has 0 saturated carbocycles. The van der Waals surface area contributed by atoms with Crippen LogP contribution in [0.15, 0.2) is 30.3 Å². The smallest absolute Gasteiger partial charge is 0.351 e. The number of anilines is 2. The van der Waals surface area contributed by atoms with E-state index >= 15 is 0 Å². The van der Waals surface area contributed by atoms with Crippen LogP contribution in [0, 0.1) is 18.7 Å². The number of carbonyl (C=O) groups excluding carboxylic acids is 2. The number of halogens is 5. The van der Waals surface area contributed by atoms with Crippen molar-refractivity contribution in [3.8, 4) is 0 Å². The normalized spacial score (nSPS) is 20.5. The molecule has 2 saturated heterocycles. The SMILES string of the molecule is Cc1cc(C(F)(F)F)cc(N2C[C@@H](C(=O)NC3CNC3)C[C@H]2C(=O)N(C)c2ccc(F)c(Cl)c2)n1. The molecule has 1 aromatic heterocycles. The average Bonchev–Trinajstić information content (AvgIpc) is 3.21. The largest absolute Gasteiger partial charge is 0.416 e. The van der Waals surface area contributed by atoms with Gasteiger partial charge in [-0.2, -0.15) is 13.2 Å². The molecule has 2 fully saturated rings. The molecule has 2 aromatic rings. The van der Waals surface area contributed by atoms with Crippen LogP contribution in [-0.2, 0) is 15.8 Å². The van der Waals surface area contributed by atoms with Crippen molar-refractivity contribution >= 4 is 34.9 Å².